The van der Waals surface area contributed by atoms with E-state index >= 15 is 0 Å². The summed E-state index contributed by atoms with van der Waals surface area (Å²) in [5, 5.41) is 3.60. The van der Waals surface area contributed by atoms with Gasteiger partial charge in [0.05, 0.1) is 29.4 Å². The molecule has 0 spiro atoms. The van der Waals surface area contributed by atoms with Crippen molar-refractivity contribution in [3.63, 3.8) is 0 Å². The monoisotopic (exact) mass is 513 g/mol. The first-order valence-electron chi connectivity index (χ1n) is 12.1. The molecule has 0 saturated carbocycles. The highest BCUT2D eigenvalue weighted by molar-refractivity contribution is 6.34. The number of likely N-dealkylation sites (tertiary alicyclic amines) is 1. The van der Waals surface area contributed by atoms with Crippen LogP contribution in [0.3, 0.4) is 0 Å². The van der Waals surface area contributed by atoms with E-state index in [1.54, 1.807) is 23.1 Å². The third-order valence-electron chi connectivity index (χ3n) is 6.30. The molecule has 9 nitrogen and oxygen atoms in total. The van der Waals surface area contributed by atoms with Crippen molar-refractivity contribution >= 4 is 46.9 Å². The number of esters is 1. The molecular formula is C26H32ClN5O4. The Balaban J connectivity index is 1.55. The van der Waals surface area contributed by atoms with Gasteiger partial charge in [0.1, 0.15) is 18.0 Å². The molecular weight excluding hydrogens is 482 g/mol. The van der Waals surface area contributed by atoms with Gasteiger partial charge in [-0.3, -0.25) is 4.79 Å². The second kappa shape index (κ2) is 11.3. The standard InChI is InChI=1S/C26H32ClN5O4/c1-16(2)14-36-19-8-10-32(13-19)25(33)20-6-5-18(12-22(20)27)31(3)24-21-11-17(26(34)35-4)7-9-28-23(21)29-15-30-24/h5-6,11-12,15-16,19H,7-10,13-14H2,1-4H3,(H,28,29,30)/t19-/m1/s1. The molecule has 0 radical (unpaired) electrons. The predicted molar refractivity (Wildman–Crippen MR) is 140 cm³/mol. The molecule has 1 N–H and O–H groups in total. The van der Waals surface area contributed by atoms with Crippen LogP contribution in [0.1, 0.15) is 42.6 Å². The molecule has 2 aliphatic heterocycles. The zero-order chi connectivity index (χ0) is 25.8. The normalized spacial score (nSPS) is 17.2. The quantitative estimate of drug-likeness (QED) is 0.551. The smallest absolute Gasteiger partial charge is 0.333 e. The van der Waals surface area contributed by atoms with Gasteiger partial charge in [-0.25, -0.2) is 14.8 Å². The van der Waals surface area contributed by atoms with Gasteiger partial charge in [-0.15, -0.1) is 0 Å². The van der Waals surface area contributed by atoms with Crippen LogP contribution in [0.15, 0.2) is 30.1 Å². The summed E-state index contributed by atoms with van der Waals surface area (Å²) in [7, 11) is 3.21. The van der Waals surface area contributed by atoms with Crippen LogP contribution < -0.4 is 10.2 Å². The summed E-state index contributed by atoms with van der Waals surface area (Å²) in [6.45, 7) is 6.68. The summed E-state index contributed by atoms with van der Waals surface area (Å²) in [5.41, 5.74) is 2.41. The molecule has 192 valence electrons. The Labute approximate surface area is 216 Å². The zero-order valence-corrected chi connectivity index (χ0v) is 21.8. The minimum absolute atomic E-state index is 0.0603. The lowest BCUT2D eigenvalue weighted by molar-refractivity contribution is -0.136. The molecule has 1 amide bonds. The van der Waals surface area contributed by atoms with Crippen molar-refractivity contribution in [2.75, 3.05) is 50.6 Å². The molecule has 0 bridgehead atoms. The van der Waals surface area contributed by atoms with Crippen molar-refractivity contribution in [1.29, 1.82) is 0 Å². The van der Waals surface area contributed by atoms with Crippen LogP contribution in [-0.4, -0.2) is 73.2 Å². The lowest BCUT2D eigenvalue weighted by atomic mass is 10.1. The van der Waals surface area contributed by atoms with Gasteiger partial charge in [-0.2, -0.15) is 0 Å². The highest BCUT2D eigenvalue weighted by Gasteiger charge is 2.29. The molecule has 2 aliphatic rings. The molecule has 1 aromatic heterocycles. The number of carbonyl (C=O) groups excluding carboxylic acids is 2. The van der Waals surface area contributed by atoms with Gasteiger partial charge in [-0.05, 0) is 43.0 Å². The minimum Gasteiger partial charge on any atom is -0.466 e. The number of amides is 1. The zero-order valence-electron chi connectivity index (χ0n) is 21.1. The Morgan fingerprint density at radius 2 is 2.11 bits per heavy atom. The van der Waals surface area contributed by atoms with Gasteiger partial charge >= 0.3 is 5.97 Å². The molecule has 1 saturated heterocycles. The summed E-state index contributed by atoms with van der Waals surface area (Å²) >= 11 is 6.60. The van der Waals surface area contributed by atoms with Gasteiger partial charge in [0.2, 0.25) is 0 Å². The van der Waals surface area contributed by atoms with Crippen LogP contribution >= 0.6 is 11.6 Å². The van der Waals surface area contributed by atoms with Gasteiger partial charge in [0.15, 0.2) is 0 Å². The summed E-state index contributed by atoms with van der Waals surface area (Å²) in [6.07, 6.45) is 4.63. The number of methoxy groups -OCH3 is 1. The number of nitrogens with one attached hydrogen (secondary N) is 1. The Morgan fingerprint density at radius 3 is 2.83 bits per heavy atom. The lowest BCUT2D eigenvalue weighted by Crippen LogP contribution is -2.30. The van der Waals surface area contributed by atoms with E-state index < -0.39 is 0 Å². The van der Waals surface area contributed by atoms with E-state index in [9.17, 15) is 9.59 Å². The Hall–Kier alpha value is -3.17. The lowest BCUT2D eigenvalue weighted by Gasteiger charge is -2.23. The van der Waals surface area contributed by atoms with Crippen molar-refractivity contribution in [3.05, 3.63) is 46.2 Å². The van der Waals surface area contributed by atoms with E-state index in [1.807, 2.05) is 18.0 Å². The van der Waals surface area contributed by atoms with E-state index in [4.69, 9.17) is 21.1 Å². The molecule has 1 aromatic carbocycles. The number of ether oxygens (including phenoxy) is 2. The van der Waals surface area contributed by atoms with Crippen LogP contribution in [0.5, 0.6) is 0 Å². The first-order valence-corrected chi connectivity index (χ1v) is 12.5. The summed E-state index contributed by atoms with van der Waals surface area (Å²) < 4.78 is 10.8. The van der Waals surface area contributed by atoms with Gasteiger partial charge in [0, 0.05) is 44.5 Å². The highest BCUT2D eigenvalue weighted by atomic mass is 35.5. The van der Waals surface area contributed by atoms with E-state index in [2.05, 4.69) is 29.1 Å². The molecule has 0 aliphatic carbocycles. The van der Waals surface area contributed by atoms with Crippen molar-refractivity contribution in [2.45, 2.75) is 32.8 Å². The van der Waals surface area contributed by atoms with Crippen LogP contribution in [0.25, 0.3) is 6.08 Å². The fraction of sp³-hybridized carbons (Fsp3) is 0.462. The Bertz CT molecular complexity index is 1170. The maximum absolute atomic E-state index is 13.2. The number of anilines is 3. The minimum atomic E-state index is -0.383. The Morgan fingerprint density at radius 1 is 1.31 bits per heavy atom. The van der Waals surface area contributed by atoms with E-state index in [0.717, 1.165) is 12.1 Å². The maximum atomic E-state index is 13.2. The maximum Gasteiger partial charge on any atom is 0.333 e. The number of hydrogen-bond donors (Lipinski definition) is 1. The molecule has 10 heteroatoms. The number of rotatable bonds is 7. The average molecular weight is 514 g/mol. The van der Waals surface area contributed by atoms with Crippen molar-refractivity contribution in [1.82, 2.24) is 14.9 Å². The number of fused-ring (bicyclic) bond motifs is 1. The van der Waals surface area contributed by atoms with Crippen LogP contribution in [-0.2, 0) is 14.3 Å². The van der Waals surface area contributed by atoms with Gasteiger partial charge in [-0.1, -0.05) is 25.4 Å². The molecule has 4 rings (SSSR count). The largest absolute Gasteiger partial charge is 0.466 e. The van der Waals surface area contributed by atoms with Crippen LogP contribution in [0.4, 0.5) is 17.3 Å². The van der Waals surface area contributed by atoms with E-state index in [0.29, 0.717) is 71.9 Å². The fourth-order valence-electron chi connectivity index (χ4n) is 4.34. The number of aromatic nitrogens is 2. The molecule has 36 heavy (non-hydrogen) atoms. The predicted octanol–water partition coefficient (Wildman–Crippen LogP) is 4.16. The molecule has 3 heterocycles. The van der Waals surface area contributed by atoms with Crippen LogP contribution in [0.2, 0.25) is 5.02 Å². The Kier molecular flexibility index (Phi) is 8.11. The third-order valence-corrected chi connectivity index (χ3v) is 6.61. The average Bonchev–Trinajstić information content (AvgIpc) is 3.24. The number of hydrogen-bond acceptors (Lipinski definition) is 8. The summed E-state index contributed by atoms with van der Waals surface area (Å²) in [6, 6.07) is 5.33. The third kappa shape index (κ3) is 5.63. The second-order valence-electron chi connectivity index (χ2n) is 9.41. The topological polar surface area (TPSA) is 96.9 Å². The van der Waals surface area contributed by atoms with Gasteiger partial charge < -0.3 is 24.6 Å². The molecule has 1 fully saturated rings. The van der Waals surface area contributed by atoms with Crippen LogP contribution in [0, 0.1) is 5.92 Å². The SMILES string of the molecule is COC(=O)C1=Cc2c(ncnc2N(C)c2ccc(C(=O)N3CC[C@@H](OCC(C)C)C3)c(Cl)c2)NCC1. The highest BCUT2D eigenvalue weighted by Crippen LogP contribution is 2.34. The number of nitrogens with zero attached hydrogens (tertiary/aromatic N) is 4. The van der Waals surface area contributed by atoms with Crippen molar-refractivity contribution < 1.29 is 19.1 Å². The summed E-state index contributed by atoms with van der Waals surface area (Å²) in [4.78, 5) is 37.8. The first-order chi connectivity index (χ1) is 17.3. The molecule has 2 aromatic rings. The second-order valence-corrected chi connectivity index (χ2v) is 9.82. The van der Waals surface area contributed by atoms with Crippen molar-refractivity contribution in [3.8, 4) is 0 Å². The number of carbonyl (C=O) groups is 2. The number of benzene rings is 1. The number of halogens is 1. The molecule has 0 unspecified atom stereocenters. The summed E-state index contributed by atoms with van der Waals surface area (Å²) in [5.74, 6) is 1.20. The van der Waals surface area contributed by atoms with Gasteiger partial charge in [0.25, 0.3) is 5.91 Å². The van der Waals surface area contributed by atoms with E-state index in [-0.39, 0.29) is 18.0 Å². The fourth-order valence-corrected chi connectivity index (χ4v) is 4.59. The van der Waals surface area contributed by atoms with Crippen molar-refractivity contribution in [2.24, 2.45) is 5.92 Å². The first kappa shape index (κ1) is 25.9. The van der Waals surface area contributed by atoms with E-state index in [1.165, 1.54) is 13.4 Å². The molecule has 1 atom stereocenters.